The number of carbonyl (C=O) groups is 2. The Morgan fingerprint density at radius 1 is 1.47 bits per heavy atom. The van der Waals surface area contributed by atoms with E-state index >= 15 is 0 Å². The van der Waals surface area contributed by atoms with Crippen molar-refractivity contribution in [2.45, 2.75) is 4.90 Å². The van der Waals surface area contributed by atoms with Gasteiger partial charge < -0.3 is 16.2 Å². The van der Waals surface area contributed by atoms with Gasteiger partial charge in [-0.25, -0.2) is 4.39 Å². The van der Waals surface area contributed by atoms with E-state index in [-0.39, 0.29) is 21.9 Å². The summed E-state index contributed by atoms with van der Waals surface area (Å²) in [5.74, 6) is -1.91. The van der Waals surface area contributed by atoms with Gasteiger partial charge >= 0.3 is 5.97 Å². The molecule has 0 saturated heterocycles. The van der Waals surface area contributed by atoms with Gasteiger partial charge in [-0.1, -0.05) is 0 Å². The van der Waals surface area contributed by atoms with Crippen LogP contribution in [0.15, 0.2) is 17.0 Å². The highest BCUT2D eigenvalue weighted by Crippen LogP contribution is 2.26. The van der Waals surface area contributed by atoms with Crippen LogP contribution in [-0.4, -0.2) is 24.7 Å². The topological polar surface area (TPSA) is 95.4 Å². The lowest BCUT2D eigenvalue weighted by molar-refractivity contribution is -0.137. The molecule has 1 amide bonds. The van der Waals surface area contributed by atoms with Crippen LogP contribution < -0.4 is 11.5 Å². The van der Waals surface area contributed by atoms with Crippen LogP contribution in [0.2, 0.25) is 0 Å². The third-order valence-corrected chi connectivity index (χ3v) is 2.95. The molecule has 92 valence electrons. The first-order valence-corrected chi connectivity index (χ1v) is 5.52. The molecule has 0 heterocycles. The summed E-state index contributed by atoms with van der Waals surface area (Å²) >= 11 is 0.907. The molecule has 0 radical (unpaired) electrons. The van der Waals surface area contributed by atoms with Crippen LogP contribution >= 0.6 is 11.8 Å². The first-order chi connectivity index (χ1) is 7.95. The van der Waals surface area contributed by atoms with Crippen LogP contribution in [0.25, 0.3) is 0 Å². The lowest BCUT2D eigenvalue weighted by Gasteiger charge is -2.07. The van der Waals surface area contributed by atoms with Gasteiger partial charge in [-0.15, -0.1) is 11.8 Å². The van der Waals surface area contributed by atoms with Gasteiger partial charge in [0.25, 0.3) is 5.91 Å². The molecule has 0 aliphatic carbocycles. The molecule has 0 bridgehead atoms. The van der Waals surface area contributed by atoms with E-state index in [4.69, 9.17) is 11.5 Å². The Balaban J connectivity index is 2.96. The fraction of sp³-hybridized carbons (Fsp3) is 0.200. The number of anilines is 1. The van der Waals surface area contributed by atoms with Crippen molar-refractivity contribution in [3.63, 3.8) is 0 Å². The second-order valence-corrected chi connectivity index (χ2v) is 4.12. The summed E-state index contributed by atoms with van der Waals surface area (Å²) in [6.07, 6.45) is 0. The van der Waals surface area contributed by atoms with Gasteiger partial charge in [-0.3, -0.25) is 9.59 Å². The van der Waals surface area contributed by atoms with E-state index in [0.717, 1.165) is 17.8 Å². The van der Waals surface area contributed by atoms with Crippen molar-refractivity contribution in [1.29, 1.82) is 0 Å². The number of carbonyl (C=O) groups excluding carboxylic acids is 2. The van der Waals surface area contributed by atoms with Gasteiger partial charge in [0.05, 0.1) is 18.4 Å². The van der Waals surface area contributed by atoms with Crippen molar-refractivity contribution in [2.24, 2.45) is 5.73 Å². The molecule has 5 nitrogen and oxygen atoms in total. The summed E-state index contributed by atoms with van der Waals surface area (Å²) in [4.78, 5) is 22.0. The Kier molecular flexibility index (Phi) is 4.33. The van der Waals surface area contributed by atoms with Gasteiger partial charge in [0.1, 0.15) is 5.82 Å². The van der Waals surface area contributed by atoms with Crippen LogP contribution in [0.4, 0.5) is 10.1 Å². The standard InChI is InChI=1S/C10H11FN2O3S/c1-16-9(14)4-17-8-2-5(10(13)15)7(12)3-6(8)11/h2-3H,4,12H2,1H3,(H2,13,15). The fourth-order valence-corrected chi connectivity index (χ4v) is 1.88. The first-order valence-electron chi connectivity index (χ1n) is 4.54. The predicted octanol–water partition coefficient (Wildman–Crippen LogP) is 0.772. The molecule has 0 fully saturated rings. The normalized spacial score (nSPS) is 10.0. The molecule has 17 heavy (non-hydrogen) atoms. The first kappa shape index (κ1) is 13.3. The number of esters is 1. The molecule has 0 unspecified atom stereocenters. The Morgan fingerprint density at radius 2 is 2.12 bits per heavy atom. The van der Waals surface area contributed by atoms with Gasteiger partial charge in [0, 0.05) is 10.6 Å². The van der Waals surface area contributed by atoms with Gasteiger partial charge in [-0.05, 0) is 12.1 Å². The molecule has 0 spiro atoms. The molecular weight excluding hydrogens is 247 g/mol. The van der Waals surface area contributed by atoms with E-state index in [1.165, 1.54) is 13.2 Å². The lowest BCUT2D eigenvalue weighted by atomic mass is 10.1. The van der Waals surface area contributed by atoms with E-state index in [9.17, 15) is 14.0 Å². The molecule has 0 aliphatic rings. The van der Waals surface area contributed by atoms with Crippen molar-refractivity contribution in [2.75, 3.05) is 18.6 Å². The molecule has 0 saturated carbocycles. The number of nitrogens with two attached hydrogens (primary N) is 2. The van der Waals surface area contributed by atoms with Crippen LogP contribution in [0, 0.1) is 5.82 Å². The summed E-state index contributed by atoms with van der Waals surface area (Å²) in [5, 5.41) is 0. The third kappa shape index (κ3) is 3.35. The number of nitrogen functional groups attached to an aromatic ring is 1. The highest BCUT2D eigenvalue weighted by atomic mass is 32.2. The number of hydrogen-bond donors (Lipinski definition) is 2. The number of ether oxygens (including phenoxy) is 1. The number of primary amides is 1. The van der Waals surface area contributed by atoms with Crippen molar-refractivity contribution in [3.05, 3.63) is 23.5 Å². The Labute approximate surface area is 101 Å². The van der Waals surface area contributed by atoms with E-state index in [0.29, 0.717) is 0 Å². The van der Waals surface area contributed by atoms with Crippen molar-refractivity contribution in [1.82, 2.24) is 0 Å². The fourth-order valence-electron chi connectivity index (χ4n) is 1.09. The minimum absolute atomic E-state index is 0.0266. The largest absolute Gasteiger partial charge is 0.468 e. The molecule has 4 N–H and O–H groups in total. The molecule has 0 atom stereocenters. The van der Waals surface area contributed by atoms with Crippen molar-refractivity contribution >= 4 is 29.3 Å². The highest BCUT2D eigenvalue weighted by Gasteiger charge is 2.13. The summed E-state index contributed by atoms with van der Waals surface area (Å²) in [7, 11) is 1.23. The minimum atomic E-state index is -0.748. The molecule has 7 heteroatoms. The Hall–Kier alpha value is -1.76. The molecule has 0 aliphatic heterocycles. The SMILES string of the molecule is COC(=O)CSc1cc(C(N)=O)c(N)cc1F. The minimum Gasteiger partial charge on any atom is -0.468 e. The van der Waals surface area contributed by atoms with Crippen LogP contribution in [0.1, 0.15) is 10.4 Å². The van der Waals surface area contributed by atoms with E-state index < -0.39 is 17.7 Å². The van der Waals surface area contributed by atoms with Crippen molar-refractivity contribution < 1.29 is 18.7 Å². The molecule has 1 aromatic rings. The summed E-state index contributed by atoms with van der Waals surface area (Å²) in [6.45, 7) is 0. The summed E-state index contributed by atoms with van der Waals surface area (Å²) in [5.41, 5.74) is 10.5. The number of hydrogen-bond acceptors (Lipinski definition) is 5. The third-order valence-electron chi connectivity index (χ3n) is 1.94. The molecule has 1 rings (SSSR count). The zero-order chi connectivity index (χ0) is 13.0. The highest BCUT2D eigenvalue weighted by molar-refractivity contribution is 8.00. The van der Waals surface area contributed by atoms with Gasteiger partial charge in [0.15, 0.2) is 0 Å². The quantitative estimate of drug-likeness (QED) is 0.472. The number of methoxy groups -OCH3 is 1. The Bertz CT molecular complexity index is 465. The average molecular weight is 258 g/mol. The van der Waals surface area contributed by atoms with Crippen molar-refractivity contribution in [3.8, 4) is 0 Å². The van der Waals surface area contributed by atoms with Crippen LogP contribution in [0.3, 0.4) is 0 Å². The zero-order valence-corrected chi connectivity index (χ0v) is 9.84. The zero-order valence-electron chi connectivity index (χ0n) is 9.03. The molecular formula is C10H11FN2O3S. The number of amides is 1. The van der Waals surface area contributed by atoms with E-state index in [1.807, 2.05) is 0 Å². The summed E-state index contributed by atoms with van der Waals surface area (Å²) in [6, 6.07) is 2.22. The maximum Gasteiger partial charge on any atom is 0.315 e. The molecule has 0 aromatic heterocycles. The smallest absolute Gasteiger partial charge is 0.315 e. The lowest BCUT2D eigenvalue weighted by Crippen LogP contribution is -2.14. The average Bonchev–Trinajstić information content (AvgIpc) is 2.26. The van der Waals surface area contributed by atoms with Gasteiger partial charge in [0.2, 0.25) is 0 Å². The Morgan fingerprint density at radius 3 is 2.65 bits per heavy atom. The maximum absolute atomic E-state index is 13.4. The summed E-state index contributed by atoms with van der Waals surface area (Å²) < 4.78 is 17.9. The van der Waals surface area contributed by atoms with E-state index in [2.05, 4.69) is 4.74 Å². The monoisotopic (exact) mass is 258 g/mol. The maximum atomic E-state index is 13.4. The van der Waals surface area contributed by atoms with Crippen LogP contribution in [0.5, 0.6) is 0 Å². The predicted molar refractivity (Wildman–Crippen MR) is 62.1 cm³/mol. The number of halogens is 1. The second kappa shape index (κ2) is 5.53. The second-order valence-electron chi connectivity index (χ2n) is 3.10. The van der Waals surface area contributed by atoms with Gasteiger partial charge in [-0.2, -0.15) is 0 Å². The number of rotatable bonds is 4. The molecule has 1 aromatic carbocycles. The van der Waals surface area contributed by atoms with E-state index in [1.54, 1.807) is 0 Å². The number of benzene rings is 1. The number of thioether (sulfide) groups is 1. The van der Waals surface area contributed by atoms with Crippen LogP contribution in [-0.2, 0) is 9.53 Å².